The number of thiazole rings is 1. The number of nitrogens with one attached hydrogen (secondary N) is 1. The maximum atomic E-state index is 5.97. The number of anilines is 1. The van der Waals surface area contributed by atoms with E-state index in [1.807, 2.05) is 60.0 Å². The summed E-state index contributed by atoms with van der Waals surface area (Å²) in [4.78, 5) is 8.81. The lowest BCUT2D eigenvalue weighted by Gasteiger charge is -2.09. The molecule has 0 bridgehead atoms. The van der Waals surface area contributed by atoms with Crippen molar-refractivity contribution >= 4 is 23.0 Å². The fraction of sp³-hybridized carbons (Fsp3) is 0.158. The van der Waals surface area contributed by atoms with Crippen LogP contribution >= 0.6 is 11.3 Å². The average Bonchev–Trinajstić information content (AvgIpc) is 3.09. The fourth-order valence-electron chi connectivity index (χ4n) is 2.20. The molecule has 0 radical (unpaired) electrons. The second-order valence-corrected chi connectivity index (χ2v) is 6.30. The maximum Gasteiger partial charge on any atom is 0.193 e. The number of benzene rings is 2. The van der Waals surface area contributed by atoms with Crippen LogP contribution in [0.15, 0.2) is 65.0 Å². The van der Waals surface area contributed by atoms with E-state index in [0.717, 1.165) is 34.3 Å². The van der Waals surface area contributed by atoms with Crippen molar-refractivity contribution in [2.75, 3.05) is 5.32 Å². The van der Waals surface area contributed by atoms with Crippen LogP contribution in [0.4, 0.5) is 5.69 Å². The van der Waals surface area contributed by atoms with Gasteiger partial charge in [-0.2, -0.15) is 0 Å². The van der Waals surface area contributed by atoms with Crippen molar-refractivity contribution in [3.05, 3.63) is 70.7 Å². The number of rotatable bonds is 6. The Balaban J connectivity index is 1.61. The molecule has 0 unspecified atom stereocenters. The van der Waals surface area contributed by atoms with Crippen LogP contribution in [0.5, 0.6) is 11.5 Å². The largest absolute Gasteiger partial charge is 0.457 e. The van der Waals surface area contributed by atoms with Crippen molar-refractivity contribution in [2.24, 2.45) is 10.7 Å². The molecule has 3 aromatic rings. The molecule has 0 saturated heterocycles. The van der Waals surface area contributed by atoms with Crippen LogP contribution < -0.4 is 15.8 Å². The van der Waals surface area contributed by atoms with Gasteiger partial charge in [0.25, 0.3) is 0 Å². The summed E-state index contributed by atoms with van der Waals surface area (Å²) >= 11 is 1.65. The van der Waals surface area contributed by atoms with Gasteiger partial charge in [0.15, 0.2) is 5.96 Å². The summed E-state index contributed by atoms with van der Waals surface area (Å²) < 4.78 is 5.82. The number of guanidine groups is 1. The molecule has 3 rings (SSSR count). The standard InChI is InChI=1S/C19H20N4OS/c1-2-18-22-15(13-25-18)12-21-19(20)23-14-7-6-10-17(11-14)24-16-8-4-3-5-9-16/h3-11,13H,2,12H2,1H3,(H3,20,21,23). The van der Waals surface area contributed by atoms with E-state index in [4.69, 9.17) is 10.5 Å². The van der Waals surface area contributed by atoms with E-state index in [-0.39, 0.29) is 0 Å². The van der Waals surface area contributed by atoms with Gasteiger partial charge in [-0.3, -0.25) is 0 Å². The van der Waals surface area contributed by atoms with Gasteiger partial charge in [0.2, 0.25) is 0 Å². The zero-order valence-corrected chi connectivity index (χ0v) is 14.8. The van der Waals surface area contributed by atoms with E-state index in [1.54, 1.807) is 11.3 Å². The van der Waals surface area contributed by atoms with E-state index in [1.165, 1.54) is 0 Å². The molecule has 25 heavy (non-hydrogen) atoms. The van der Waals surface area contributed by atoms with Crippen molar-refractivity contribution in [2.45, 2.75) is 19.9 Å². The molecule has 3 N–H and O–H groups in total. The SMILES string of the molecule is CCc1nc(CN=C(N)Nc2cccc(Oc3ccccc3)c2)cs1. The Labute approximate surface area is 151 Å². The zero-order valence-electron chi connectivity index (χ0n) is 14.0. The minimum atomic E-state index is 0.350. The molecule has 0 fully saturated rings. The summed E-state index contributed by atoms with van der Waals surface area (Å²) in [6.45, 7) is 2.56. The monoisotopic (exact) mass is 352 g/mol. The molecule has 0 amide bonds. The van der Waals surface area contributed by atoms with Crippen LogP contribution in [-0.2, 0) is 13.0 Å². The summed E-state index contributed by atoms with van der Waals surface area (Å²) in [6, 6.07) is 17.2. The number of hydrogen-bond donors (Lipinski definition) is 2. The first-order valence-electron chi connectivity index (χ1n) is 8.06. The van der Waals surface area contributed by atoms with Gasteiger partial charge >= 0.3 is 0 Å². The van der Waals surface area contributed by atoms with E-state index in [0.29, 0.717) is 12.5 Å². The highest BCUT2D eigenvalue weighted by molar-refractivity contribution is 7.09. The summed E-state index contributed by atoms with van der Waals surface area (Å²) in [6.07, 6.45) is 0.941. The Bertz CT molecular complexity index is 845. The Morgan fingerprint density at radius 2 is 1.96 bits per heavy atom. The van der Waals surface area contributed by atoms with Crippen molar-refractivity contribution < 1.29 is 4.74 Å². The van der Waals surface area contributed by atoms with Crippen LogP contribution in [0, 0.1) is 0 Å². The Morgan fingerprint density at radius 1 is 1.16 bits per heavy atom. The van der Waals surface area contributed by atoms with Crippen molar-refractivity contribution in [3.63, 3.8) is 0 Å². The quantitative estimate of drug-likeness (QED) is 0.509. The highest BCUT2D eigenvalue weighted by Crippen LogP contribution is 2.23. The molecule has 0 aliphatic heterocycles. The summed E-state index contributed by atoms with van der Waals surface area (Å²) in [5.41, 5.74) is 7.73. The Hall–Kier alpha value is -2.86. The van der Waals surface area contributed by atoms with Gasteiger partial charge in [0, 0.05) is 17.1 Å². The number of nitrogens with zero attached hydrogens (tertiary/aromatic N) is 2. The molecule has 5 nitrogen and oxygen atoms in total. The first-order chi connectivity index (χ1) is 12.2. The Morgan fingerprint density at radius 3 is 2.72 bits per heavy atom. The molecule has 0 aliphatic rings. The van der Waals surface area contributed by atoms with E-state index in [2.05, 4.69) is 22.2 Å². The topological polar surface area (TPSA) is 72.5 Å². The zero-order chi connectivity index (χ0) is 17.5. The smallest absolute Gasteiger partial charge is 0.193 e. The van der Waals surface area contributed by atoms with Crippen molar-refractivity contribution in [1.29, 1.82) is 0 Å². The molecule has 0 spiro atoms. The third kappa shape index (κ3) is 5.06. The molecule has 6 heteroatoms. The van der Waals surface area contributed by atoms with Crippen LogP contribution in [0.2, 0.25) is 0 Å². The van der Waals surface area contributed by atoms with Gasteiger partial charge in [-0.1, -0.05) is 31.2 Å². The fourth-order valence-corrected chi connectivity index (χ4v) is 2.94. The number of aryl methyl sites for hydroxylation is 1. The molecular weight excluding hydrogens is 332 g/mol. The number of nitrogens with two attached hydrogens (primary N) is 1. The molecule has 0 saturated carbocycles. The number of aliphatic imine (C=N–C) groups is 1. The van der Waals surface area contributed by atoms with Crippen LogP contribution in [0.3, 0.4) is 0 Å². The number of hydrogen-bond acceptors (Lipinski definition) is 4. The highest BCUT2D eigenvalue weighted by atomic mass is 32.1. The molecule has 1 aromatic heterocycles. The number of para-hydroxylation sites is 1. The third-order valence-electron chi connectivity index (χ3n) is 3.40. The first-order valence-corrected chi connectivity index (χ1v) is 8.94. The van der Waals surface area contributed by atoms with Gasteiger partial charge in [-0.25, -0.2) is 9.98 Å². The molecule has 2 aromatic carbocycles. The van der Waals surface area contributed by atoms with Crippen molar-refractivity contribution in [3.8, 4) is 11.5 Å². The number of ether oxygens (including phenoxy) is 1. The lowest BCUT2D eigenvalue weighted by molar-refractivity contribution is 0.483. The van der Waals surface area contributed by atoms with Gasteiger partial charge in [-0.15, -0.1) is 11.3 Å². The normalized spacial score (nSPS) is 11.3. The van der Waals surface area contributed by atoms with Gasteiger partial charge in [0.05, 0.1) is 17.2 Å². The average molecular weight is 352 g/mol. The van der Waals surface area contributed by atoms with Crippen molar-refractivity contribution in [1.82, 2.24) is 4.98 Å². The van der Waals surface area contributed by atoms with Gasteiger partial charge in [0.1, 0.15) is 11.5 Å². The first kappa shape index (κ1) is 17.0. The predicted octanol–water partition coefficient (Wildman–Crippen LogP) is 4.42. The van der Waals surface area contributed by atoms with Crippen LogP contribution in [-0.4, -0.2) is 10.9 Å². The molecule has 0 atom stereocenters. The lowest BCUT2D eigenvalue weighted by Crippen LogP contribution is -2.22. The summed E-state index contributed by atoms with van der Waals surface area (Å²) in [5, 5.41) is 6.21. The molecule has 1 heterocycles. The van der Waals surface area contributed by atoms with Crippen LogP contribution in [0.25, 0.3) is 0 Å². The van der Waals surface area contributed by atoms with E-state index >= 15 is 0 Å². The second-order valence-electron chi connectivity index (χ2n) is 5.36. The molecule has 128 valence electrons. The molecular formula is C19H20N4OS. The highest BCUT2D eigenvalue weighted by Gasteiger charge is 2.02. The van der Waals surface area contributed by atoms with E-state index in [9.17, 15) is 0 Å². The summed E-state index contributed by atoms with van der Waals surface area (Å²) in [7, 11) is 0. The predicted molar refractivity (Wildman–Crippen MR) is 103 cm³/mol. The van der Waals surface area contributed by atoms with Gasteiger partial charge in [-0.05, 0) is 30.7 Å². The minimum absolute atomic E-state index is 0.350. The Kier molecular flexibility index (Phi) is 5.64. The lowest BCUT2D eigenvalue weighted by atomic mass is 10.3. The number of aromatic nitrogens is 1. The maximum absolute atomic E-state index is 5.97. The second kappa shape index (κ2) is 8.30. The summed E-state index contributed by atoms with van der Waals surface area (Å²) in [5.74, 6) is 1.87. The third-order valence-corrected chi connectivity index (χ3v) is 4.44. The molecule has 0 aliphatic carbocycles. The van der Waals surface area contributed by atoms with E-state index < -0.39 is 0 Å². The van der Waals surface area contributed by atoms with Crippen LogP contribution in [0.1, 0.15) is 17.6 Å². The minimum Gasteiger partial charge on any atom is -0.457 e. The van der Waals surface area contributed by atoms with Gasteiger partial charge < -0.3 is 15.8 Å².